The van der Waals surface area contributed by atoms with Crippen molar-refractivity contribution in [2.75, 3.05) is 25.1 Å². The van der Waals surface area contributed by atoms with Crippen LogP contribution in [-0.4, -0.2) is 46.2 Å². The Morgan fingerprint density at radius 3 is 2.92 bits per heavy atom. The Morgan fingerprint density at radius 2 is 2.12 bits per heavy atom. The molecule has 0 amide bonds. The molecule has 24 heavy (non-hydrogen) atoms. The molecular formula is C16H17N5O2S. The summed E-state index contributed by atoms with van der Waals surface area (Å²) in [4.78, 5) is 19.4. The van der Waals surface area contributed by atoms with E-state index in [0.717, 1.165) is 41.3 Å². The molecule has 1 aliphatic heterocycles. The van der Waals surface area contributed by atoms with Gasteiger partial charge in [-0.1, -0.05) is 11.3 Å². The first kappa shape index (κ1) is 15.1. The Kier molecular flexibility index (Phi) is 4.12. The van der Waals surface area contributed by atoms with E-state index in [2.05, 4.69) is 24.8 Å². The maximum Gasteiger partial charge on any atom is 0.316 e. The fraction of sp³-hybridized carbons (Fsp3) is 0.375. The van der Waals surface area contributed by atoms with E-state index in [0.29, 0.717) is 11.8 Å². The molecule has 1 atom stereocenters. The molecule has 7 nitrogen and oxygen atoms in total. The second-order valence-electron chi connectivity index (χ2n) is 5.57. The van der Waals surface area contributed by atoms with Crippen molar-refractivity contribution in [2.24, 2.45) is 0 Å². The number of pyridine rings is 1. The highest BCUT2D eigenvalue weighted by Crippen LogP contribution is 2.30. The molecule has 0 bridgehead atoms. The number of methoxy groups -OCH3 is 1. The summed E-state index contributed by atoms with van der Waals surface area (Å²) in [6, 6.07) is 2.38. The van der Waals surface area contributed by atoms with Crippen molar-refractivity contribution in [3.05, 3.63) is 30.9 Å². The molecular weight excluding hydrogens is 326 g/mol. The maximum absolute atomic E-state index is 5.93. The highest BCUT2D eigenvalue weighted by molar-refractivity contribution is 7.22. The van der Waals surface area contributed by atoms with Gasteiger partial charge >= 0.3 is 6.01 Å². The summed E-state index contributed by atoms with van der Waals surface area (Å²) in [6.45, 7) is 1.76. The standard InChI is InChI=1S/C16H17N5O2S/c1-22-12-7-18-15(19-8-12)23-11-3-2-6-21(10-11)16-20-13-9-17-5-4-14(13)24-16/h4-5,7-9,11H,2-3,6,10H2,1H3. The molecule has 4 rings (SSSR count). The molecule has 3 aromatic rings. The molecule has 0 radical (unpaired) electrons. The highest BCUT2D eigenvalue weighted by Gasteiger charge is 2.24. The zero-order valence-electron chi connectivity index (χ0n) is 13.3. The van der Waals surface area contributed by atoms with Crippen LogP contribution >= 0.6 is 11.3 Å². The van der Waals surface area contributed by atoms with Crippen molar-refractivity contribution in [3.8, 4) is 11.8 Å². The van der Waals surface area contributed by atoms with Crippen LogP contribution in [-0.2, 0) is 0 Å². The first-order valence-electron chi connectivity index (χ1n) is 7.80. The summed E-state index contributed by atoms with van der Waals surface area (Å²) in [6.07, 6.45) is 8.92. The van der Waals surface area contributed by atoms with Crippen molar-refractivity contribution in [1.29, 1.82) is 0 Å². The first-order chi connectivity index (χ1) is 11.8. The van der Waals surface area contributed by atoms with Gasteiger partial charge < -0.3 is 14.4 Å². The number of rotatable bonds is 4. The van der Waals surface area contributed by atoms with Crippen molar-refractivity contribution in [1.82, 2.24) is 19.9 Å². The molecule has 1 aliphatic rings. The van der Waals surface area contributed by atoms with Gasteiger partial charge in [0.1, 0.15) is 11.6 Å². The van der Waals surface area contributed by atoms with E-state index in [4.69, 9.17) is 9.47 Å². The Bertz CT molecular complexity index is 790. The zero-order valence-corrected chi connectivity index (χ0v) is 14.1. The molecule has 3 aromatic heterocycles. The van der Waals surface area contributed by atoms with Gasteiger partial charge in [0.25, 0.3) is 0 Å². The monoisotopic (exact) mass is 343 g/mol. The molecule has 0 aromatic carbocycles. The predicted octanol–water partition coefficient (Wildman–Crippen LogP) is 2.54. The Morgan fingerprint density at radius 1 is 1.25 bits per heavy atom. The highest BCUT2D eigenvalue weighted by atomic mass is 32.1. The molecule has 1 unspecified atom stereocenters. The number of anilines is 1. The van der Waals surface area contributed by atoms with Crippen LogP contribution < -0.4 is 14.4 Å². The smallest absolute Gasteiger partial charge is 0.316 e. The van der Waals surface area contributed by atoms with Crippen LogP contribution in [0.2, 0.25) is 0 Å². The quantitative estimate of drug-likeness (QED) is 0.720. The normalized spacial score (nSPS) is 17.9. The molecule has 0 spiro atoms. The summed E-state index contributed by atoms with van der Waals surface area (Å²) < 4.78 is 12.1. The number of fused-ring (bicyclic) bond motifs is 1. The van der Waals surface area contributed by atoms with E-state index < -0.39 is 0 Å². The van der Waals surface area contributed by atoms with E-state index in [1.807, 2.05) is 6.07 Å². The predicted molar refractivity (Wildman–Crippen MR) is 91.9 cm³/mol. The van der Waals surface area contributed by atoms with Crippen LogP contribution in [0.4, 0.5) is 5.13 Å². The number of nitrogens with zero attached hydrogens (tertiary/aromatic N) is 5. The Balaban J connectivity index is 1.46. The van der Waals surface area contributed by atoms with E-state index in [9.17, 15) is 0 Å². The van der Waals surface area contributed by atoms with Gasteiger partial charge in [0.2, 0.25) is 0 Å². The van der Waals surface area contributed by atoms with Crippen molar-refractivity contribution < 1.29 is 9.47 Å². The average Bonchev–Trinajstić information content (AvgIpc) is 3.07. The maximum atomic E-state index is 5.93. The van der Waals surface area contributed by atoms with Crippen LogP contribution in [0, 0.1) is 0 Å². The Labute approximate surface area is 143 Å². The van der Waals surface area contributed by atoms with Gasteiger partial charge in [-0.2, -0.15) is 9.97 Å². The van der Waals surface area contributed by atoms with Crippen molar-refractivity contribution >= 4 is 26.7 Å². The van der Waals surface area contributed by atoms with Gasteiger partial charge in [0.05, 0.1) is 36.9 Å². The fourth-order valence-corrected chi connectivity index (χ4v) is 3.70. The number of ether oxygens (including phenoxy) is 2. The minimum absolute atomic E-state index is 0.0530. The average molecular weight is 343 g/mol. The van der Waals surface area contributed by atoms with Gasteiger partial charge in [-0.05, 0) is 18.9 Å². The Hall–Kier alpha value is -2.48. The number of aromatic nitrogens is 4. The molecule has 0 aliphatic carbocycles. The lowest BCUT2D eigenvalue weighted by Gasteiger charge is -2.32. The van der Waals surface area contributed by atoms with E-state index in [1.54, 1.807) is 43.2 Å². The van der Waals surface area contributed by atoms with Gasteiger partial charge in [0, 0.05) is 12.7 Å². The van der Waals surface area contributed by atoms with Crippen molar-refractivity contribution in [3.63, 3.8) is 0 Å². The third-order valence-corrected chi connectivity index (χ3v) is 5.04. The second-order valence-corrected chi connectivity index (χ2v) is 6.58. The fourth-order valence-electron chi connectivity index (χ4n) is 2.73. The van der Waals surface area contributed by atoms with Crippen molar-refractivity contribution in [2.45, 2.75) is 18.9 Å². The zero-order chi connectivity index (χ0) is 16.4. The first-order valence-corrected chi connectivity index (χ1v) is 8.61. The lowest BCUT2D eigenvalue weighted by atomic mass is 10.1. The van der Waals surface area contributed by atoms with E-state index in [-0.39, 0.29) is 6.10 Å². The van der Waals surface area contributed by atoms with Gasteiger partial charge in [-0.25, -0.2) is 4.98 Å². The molecule has 4 heterocycles. The van der Waals surface area contributed by atoms with Crippen LogP contribution in [0.15, 0.2) is 30.9 Å². The number of hydrogen-bond donors (Lipinski definition) is 0. The van der Waals surface area contributed by atoms with Gasteiger partial charge in [0.15, 0.2) is 10.9 Å². The van der Waals surface area contributed by atoms with Crippen LogP contribution in [0.25, 0.3) is 10.2 Å². The summed E-state index contributed by atoms with van der Waals surface area (Å²) in [7, 11) is 1.59. The lowest BCUT2D eigenvalue weighted by Crippen LogP contribution is -2.41. The third-order valence-electron chi connectivity index (χ3n) is 3.94. The molecule has 0 N–H and O–H groups in total. The summed E-state index contributed by atoms with van der Waals surface area (Å²) in [5.74, 6) is 0.621. The van der Waals surface area contributed by atoms with Crippen LogP contribution in [0.1, 0.15) is 12.8 Å². The summed E-state index contributed by atoms with van der Waals surface area (Å²) in [5, 5.41) is 1.02. The minimum atomic E-state index is 0.0530. The van der Waals surface area contributed by atoms with E-state index >= 15 is 0 Å². The third kappa shape index (κ3) is 3.09. The van der Waals surface area contributed by atoms with Crippen LogP contribution in [0.5, 0.6) is 11.8 Å². The molecule has 0 saturated carbocycles. The van der Waals surface area contributed by atoms with E-state index in [1.165, 1.54) is 0 Å². The summed E-state index contributed by atoms with van der Waals surface area (Å²) >= 11 is 1.69. The SMILES string of the molecule is COc1cnc(OC2CCCN(c3nc4cnccc4s3)C2)nc1. The molecule has 1 fully saturated rings. The number of hydrogen-bond acceptors (Lipinski definition) is 8. The van der Waals surface area contributed by atoms with Crippen LogP contribution in [0.3, 0.4) is 0 Å². The number of thiazole rings is 1. The second kappa shape index (κ2) is 6.56. The lowest BCUT2D eigenvalue weighted by molar-refractivity contribution is 0.164. The van der Waals surface area contributed by atoms with Gasteiger partial charge in [-0.3, -0.25) is 4.98 Å². The molecule has 1 saturated heterocycles. The number of piperidine rings is 1. The molecule has 8 heteroatoms. The largest absolute Gasteiger partial charge is 0.494 e. The molecule has 124 valence electrons. The summed E-state index contributed by atoms with van der Waals surface area (Å²) in [5.41, 5.74) is 0.944. The minimum Gasteiger partial charge on any atom is -0.494 e. The van der Waals surface area contributed by atoms with Gasteiger partial charge in [-0.15, -0.1) is 0 Å². The topological polar surface area (TPSA) is 73.3 Å².